The Kier molecular flexibility index (Phi) is 5.23. The van der Waals surface area contributed by atoms with Crippen LogP contribution in [0.25, 0.3) is 0 Å². The van der Waals surface area contributed by atoms with E-state index in [2.05, 4.69) is 38.2 Å². The van der Waals surface area contributed by atoms with Crippen LogP contribution in [0.2, 0.25) is 0 Å². The molecule has 1 fully saturated rings. The first-order chi connectivity index (χ1) is 10.0. The fourth-order valence-corrected chi connectivity index (χ4v) is 3.05. The molecule has 2 unspecified atom stereocenters. The van der Waals surface area contributed by atoms with Gasteiger partial charge in [-0.2, -0.15) is 0 Å². The zero-order valence-electron chi connectivity index (χ0n) is 13.2. The minimum absolute atomic E-state index is 0.00126. The average Bonchev–Trinajstić information content (AvgIpc) is 2.93. The quantitative estimate of drug-likeness (QED) is 0.896. The summed E-state index contributed by atoms with van der Waals surface area (Å²) >= 11 is 0. The van der Waals surface area contributed by atoms with Crippen LogP contribution < -0.4 is 5.32 Å². The Balaban J connectivity index is 2.14. The van der Waals surface area contributed by atoms with Crippen molar-refractivity contribution in [3.8, 4) is 0 Å². The number of aliphatic hydroxyl groups excluding tert-OH is 1. The number of rotatable bonds is 4. The van der Waals surface area contributed by atoms with E-state index in [1.165, 1.54) is 11.1 Å². The predicted octanol–water partition coefficient (Wildman–Crippen LogP) is 2.86. The van der Waals surface area contributed by atoms with Gasteiger partial charge in [-0.05, 0) is 36.8 Å². The number of hydrogen-bond donors (Lipinski definition) is 2. The molecule has 1 aromatic carbocycles. The van der Waals surface area contributed by atoms with E-state index in [1.807, 2.05) is 12.1 Å². The van der Waals surface area contributed by atoms with Crippen molar-refractivity contribution in [3.05, 3.63) is 35.4 Å². The molecule has 1 heterocycles. The lowest BCUT2D eigenvalue weighted by atomic mass is 9.93. The summed E-state index contributed by atoms with van der Waals surface area (Å²) in [5.74, 6) is 0.310. The molecule has 1 aliphatic rings. The second-order valence-electron chi connectivity index (χ2n) is 6.20. The van der Waals surface area contributed by atoms with E-state index in [-0.39, 0.29) is 24.7 Å². The van der Waals surface area contributed by atoms with Gasteiger partial charge in [-0.3, -0.25) is 0 Å². The van der Waals surface area contributed by atoms with Crippen LogP contribution in [-0.4, -0.2) is 35.2 Å². The highest BCUT2D eigenvalue weighted by Crippen LogP contribution is 2.26. The fraction of sp³-hybridized carbons (Fsp3) is 0.588. The molecule has 21 heavy (non-hydrogen) atoms. The minimum atomic E-state index is -0.0616. The van der Waals surface area contributed by atoms with Gasteiger partial charge in [-0.15, -0.1) is 0 Å². The monoisotopic (exact) mass is 290 g/mol. The summed E-state index contributed by atoms with van der Waals surface area (Å²) in [4.78, 5) is 14.3. The van der Waals surface area contributed by atoms with Crippen molar-refractivity contribution in [2.45, 2.75) is 45.7 Å². The Morgan fingerprint density at radius 3 is 2.76 bits per heavy atom. The maximum absolute atomic E-state index is 12.5. The van der Waals surface area contributed by atoms with Crippen LogP contribution in [0.4, 0.5) is 4.79 Å². The Morgan fingerprint density at radius 1 is 1.43 bits per heavy atom. The second kappa shape index (κ2) is 6.94. The lowest BCUT2D eigenvalue weighted by molar-refractivity contribution is 0.152. The number of aryl methyl sites for hydroxylation is 1. The number of nitrogens with zero attached hydrogens (tertiary/aromatic N) is 1. The molecule has 116 valence electrons. The SMILES string of the molecule is Cc1ccccc1C(NC(=O)N1CCCC1CO)C(C)C. The number of carbonyl (C=O) groups excluding carboxylic acids is 1. The number of urea groups is 1. The molecule has 4 nitrogen and oxygen atoms in total. The van der Waals surface area contributed by atoms with Gasteiger partial charge in [0, 0.05) is 6.54 Å². The van der Waals surface area contributed by atoms with Crippen LogP contribution in [0.3, 0.4) is 0 Å². The first kappa shape index (κ1) is 15.8. The van der Waals surface area contributed by atoms with Crippen LogP contribution in [0.5, 0.6) is 0 Å². The van der Waals surface area contributed by atoms with E-state index in [9.17, 15) is 9.90 Å². The van der Waals surface area contributed by atoms with Crippen molar-refractivity contribution in [1.29, 1.82) is 0 Å². The predicted molar refractivity (Wildman–Crippen MR) is 84.1 cm³/mol. The van der Waals surface area contributed by atoms with Crippen LogP contribution in [0.15, 0.2) is 24.3 Å². The molecular formula is C17H26N2O2. The van der Waals surface area contributed by atoms with Crippen molar-refractivity contribution in [2.24, 2.45) is 5.92 Å². The third-order valence-corrected chi connectivity index (χ3v) is 4.32. The van der Waals surface area contributed by atoms with Gasteiger partial charge in [-0.1, -0.05) is 38.1 Å². The summed E-state index contributed by atoms with van der Waals surface area (Å²) in [6, 6.07) is 8.08. The maximum atomic E-state index is 12.5. The summed E-state index contributed by atoms with van der Waals surface area (Å²) < 4.78 is 0. The third-order valence-electron chi connectivity index (χ3n) is 4.32. The normalized spacial score (nSPS) is 19.9. The van der Waals surface area contributed by atoms with Crippen LogP contribution >= 0.6 is 0 Å². The zero-order chi connectivity index (χ0) is 15.4. The molecule has 0 bridgehead atoms. The number of benzene rings is 1. The highest BCUT2D eigenvalue weighted by atomic mass is 16.3. The maximum Gasteiger partial charge on any atom is 0.318 e. The standard InChI is InChI=1S/C17H26N2O2/c1-12(2)16(15-9-5-4-7-13(15)3)18-17(21)19-10-6-8-14(19)11-20/h4-5,7,9,12,14,16,20H,6,8,10-11H2,1-3H3,(H,18,21). The first-order valence-corrected chi connectivity index (χ1v) is 7.78. The van der Waals surface area contributed by atoms with Crippen LogP contribution in [-0.2, 0) is 0 Å². The van der Waals surface area contributed by atoms with Crippen molar-refractivity contribution in [3.63, 3.8) is 0 Å². The third kappa shape index (κ3) is 3.56. The van der Waals surface area contributed by atoms with Crippen molar-refractivity contribution in [1.82, 2.24) is 10.2 Å². The topological polar surface area (TPSA) is 52.6 Å². The lowest BCUT2D eigenvalue weighted by Gasteiger charge is -2.29. The molecule has 1 saturated heterocycles. The number of carbonyl (C=O) groups is 1. The summed E-state index contributed by atoms with van der Waals surface area (Å²) in [6.07, 6.45) is 1.86. The number of hydrogen-bond acceptors (Lipinski definition) is 2. The highest BCUT2D eigenvalue weighted by molar-refractivity contribution is 5.75. The molecule has 0 spiro atoms. The molecule has 1 aliphatic heterocycles. The molecule has 0 saturated carbocycles. The van der Waals surface area contributed by atoms with Crippen LogP contribution in [0.1, 0.15) is 43.9 Å². The minimum Gasteiger partial charge on any atom is -0.394 e. The number of nitrogens with one attached hydrogen (secondary N) is 1. The Labute approximate surface area is 127 Å². The van der Waals surface area contributed by atoms with Gasteiger partial charge in [0.1, 0.15) is 0 Å². The van der Waals surface area contributed by atoms with Gasteiger partial charge in [0.05, 0.1) is 18.7 Å². The second-order valence-corrected chi connectivity index (χ2v) is 6.20. The van der Waals surface area contributed by atoms with E-state index in [1.54, 1.807) is 4.90 Å². The lowest BCUT2D eigenvalue weighted by Crippen LogP contribution is -2.46. The molecule has 2 amide bonds. The van der Waals surface area contributed by atoms with E-state index >= 15 is 0 Å². The van der Waals surface area contributed by atoms with Gasteiger partial charge < -0.3 is 15.3 Å². The molecule has 2 N–H and O–H groups in total. The van der Waals surface area contributed by atoms with Gasteiger partial charge >= 0.3 is 6.03 Å². The summed E-state index contributed by atoms with van der Waals surface area (Å²) in [7, 11) is 0. The summed E-state index contributed by atoms with van der Waals surface area (Å²) in [5, 5.41) is 12.5. The van der Waals surface area contributed by atoms with E-state index in [0.717, 1.165) is 19.4 Å². The van der Waals surface area contributed by atoms with Gasteiger partial charge in [-0.25, -0.2) is 4.79 Å². The molecule has 1 aromatic rings. The molecule has 2 rings (SSSR count). The highest BCUT2D eigenvalue weighted by Gasteiger charge is 2.30. The number of aliphatic hydroxyl groups is 1. The zero-order valence-corrected chi connectivity index (χ0v) is 13.2. The number of likely N-dealkylation sites (tertiary alicyclic amines) is 1. The van der Waals surface area contributed by atoms with E-state index in [4.69, 9.17) is 0 Å². The Bertz CT molecular complexity index is 487. The molecule has 0 radical (unpaired) electrons. The number of amides is 2. The van der Waals surface area contributed by atoms with Crippen molar-refractivity contribution < 1.29 is 9.90 Å². The summed E-state index contributed by atoms with van der Waals surface area (Å²) in [6.45, 7) is 7.08. The van der Waals surface area contributed by atoms with Crippen molar-refractivity contribution >= 4 is 6.03 Å². The molecular weight excluding hydrogens is 264 g/mol. The molecule has 4 heteroatoms. The Hall–Kier alpha value is -1.55. The smallest absolute Gasteiger partial charge is 0.318 e. The Morgan fingerprint density at radius 2 is 2.14 bits per heavy atom. The van der Waals surface area contributed by atoms with Crippen molar-refractivity contribution in [2.75, 3.05) is 13.2 Å². The first-order valence-electron chi connectivity index (χ1n) is 7.78. The largest absolute Gasteiger partial charge is 0.394 e. The van der Waals surface area contributed by atoms with E-state index < -0.39 is 0 Å². The summed E-state index contributed by atoms with van der Waals surface area (Å²) in [5.41, 5.74) is 2.36. The van der Waals surface area contributed by atoms with E-state index in [0.29, 0.717) is 5.92 Å². The molecule has 0 aromatic heterocycles. The van der Waals surface area contributed by atoms with Gasteiger partial charge in [0.15, 0.2) is 0 Å². The van der Waals surface area contributed by atoms with Crippen LogP contribution in [0, 0.1) is 12.8 Å². The van der Waals surface area contributed by atoms with Gasteiger partial charge in [0.25, 0.3) is 0 Å². The molecule has 2 atom stereocenters. The van der Waals surface area contributed by atoms with Gasteiger partial charge in [0.2, 0.25) is 0 Å². The fourth-order valence-electron chi connectivity index (χ4n) is 3.05. The molecule has 0 aliphatic carbocycles. The average molecular weight is 290 g/mol.